The molecule has 4 heteroatoms. The molecular formula is C21H37N3S. The van der Waals surface area contributed by atoms with Crippen molar-refractivity contribution in [3.05, 3.63) is 0 Å². The lowest BCUT2D eigenvalue weighted by molar-refractivity contribution is -0.00598. The Kier molecular flexibility index (Phi) is 6.17. The third-order valence-corrected chi connectivity index (χ3v) is 7.75. The van der Waals surface area contributed by atoms with Crippen LogP contribution in [0.3, 0.4) is 0 Å². The van der Waals surface area contributed by atoms with Crippen LogP contribution in [0, 0.1) is 0 Å². The summed E-state index contributed by atoms with van der Waals surface area (Å²) >= 11 is 6.09. The Morgan fingerprint density at radius 1 is 0.520 bits per heavy atom. The van der Waals surface area contributed by atoms with Crippen LogP contribution in [-0.2, 0) is 0 Å². The number of thiocarbonyl (C=S) groups is 1. The van der Waals surface area contributed by atoms with Gasteiger partial charge in [0.25, 0.3) is 0 Å². The van der Waals surface area contributed by atoms with E-state index in [2.05, 4.69) is 14.7 Å². The first-order valence-electron chi connectivity index (χ1n) is 11.1. The van der Waals surface area contributed by atoms with Crippen molar-refractivity contribution in [2.75, 3.05) is 13.3 Å². The van der Waals surface area contributed by atoms with Gasteiger partial charge < -0.3 is 9.80 Å². The largest absolute Gasteiger partial charge is 0.333 e. The minimum atomic E-state index is 0.707. The van der Waals surface area contributed by atoms with Crippen LogP contribution in [0.4, 0.5) is 0 Å². The van der Waals surface area contributed by atoms with Crippen molar-refractivity contribution in [3.8, 4) is 0 Å². The third-order valence-electron chi connectivity index (χ3n) is 7.28. The number of hydrogen-bond acceptors (Lipinski definition) is 2. The van der Waals surface area contributed by atoms with Gasteiger partial charge in [0.1, 0.15) is 0 Å². The first kappa shape index (κ1) is 18.0. The Labute approximate surface area is 160 Å². The maximum Gasteiger partial charge on any atom is 0.174 e. The van der Waals surface area contributed by atoms with Crippen LogP contribution in [0.2, 0.25) is 0 Å². The molecule has 0 bridgehead atoms. The Bertz CT molecular complexity index is 406. The van der Waals surface area contributed by atoms with E-state index in [0.29, 0.717) is 12.1 Å². The van der Waals surface area contributed by atoms with Crippen LogP contribution in [0.15, 0.2) is 0 Å². The average Bonchev–Trinajstić information content (AvgIpc) is 2.70. The van der Waals surface area contributed by atoms with Crippen LogP contribution < -0.4 is 0 Å². The van der Waals surface area contributed by atoms with Gasteiger partial charge in [0, 0.05) is 18.1 Å². The van der Waals surface area contributed by atoms with E-state index in [-0.39, 0.29) is 0 Å². The molecule has 0 N–H and O–H groups in total. The molecule has 4 fully saturated rings. The van der Waals surface area contributed by atoms with E-state index in [4.69, 9.17) is 12.2 Å². The SMILES string of the molecule is S=C1N(C2CCCCC2)CN(C2CCCCC2)CN1C1CCCCC1. The average molecular weight is 364 g/mol. The van der Waals surface area contributed by atoms with Gasteiger partial charge in [0.2, 0.25) is 0 Å². The van der Waals surface area contributed by atoms with E-state index in [1.54, 1.807) is 0 Å². The summed E-state index contributed by atoms with van der Waals surface area (Å²) in [4.78, 5) is 8.11. The van der Waals surface area contributed by atoms with Crippen molar-refractivity contribution in [2.24, 2.45) is 0 Å². The van der Waals surface area contributed by atoms with Crippen LogP contribution in [0.5, 0.6) is 0 Å². The van der Waals surface area contributed by atoms with E-state index in [1.807, 2.05) is 0 Å². The summed E-state index contributed by atoms with van der Waals surface area (Å²) < 4.78 is 0. The zero-order valence-electron chi connectivity index (χ0n) is 16.0. The molecule has 0 spiro atoms. The highest BCUT2D eigenvalue weighted by Crippen LogP contribution is 2.32. The van der Waals surface area contributed by atoms with Gasteiger partial charge in [-0.05, 0) is 50.7 Å². The molecule has 1 aliphatic heterocycles. The molecule has 3 aliphatic carbocycles. The molecule has 3 nitrogen and oxygen atoms in total. The topological polar surface area (TPSA) is 9.72 Å². The molecule has 0 amide bonds. The zero-order chi connectivity index (χ0) is 17.1. The van der Waals surface area contributed by atoms with E-state index >= 15 is 0 Å². The molecule has 0 aromatic carbocycles. The van der Waals surface area contributed by atoms with Crippen molar-refractivity contribution >= 4 is 17.3 Å². The fourth-order valence-corrected chi connectivity index (χ4v) is 6.14. The highest BCUT2D eigenvalue weighted by Gasteiger charge is 2.38. The summed E-state index contributed by atoms with van der Waals surface area (Å²) in [6.07, 6.45) is 21.0. The number of nitrogens with zero attached hydrogens (tertiary/aromatic N) is 3. The van der Waals surface area contributed by atoms with Crippen molar-refractivity contribution in [1.29, 1.82) is 0 Å². The van der Waals surface area contributed by atoms with Crippen molar-refractivity contribution in [1.82, 2.24) is 14.7 Å². The zero-order valence-corrected chi connectivity index (χ0v) is 16.8. The predicted molar refractivity (Wildman–Crippen MR) is 108 cm³/mol. The Hall–Kier alpha value is -0.350. The highest BCUT2D eigenvalue weighted by atomic mass is 32.1. The molecule has 1 heterocycles. The molecule has 0 atom stereocenters. The van der Waals surface area contributed by atoms with Crippen molar-refractivity contribution in [3.63, 3.8) is 0 Å². The van der Waals surface area contributed by atoms with Crippen LogP contribution in [0.25, 0.3) is 0 Å². The molecule has 25 heavy (non-hydrogen) atoms. The van der Waals surface area contributed by atoms with E-state index in [1.165, 1.54) is 101 Å². The fraction of sp³-hybridized carbons (Fsp3) is 0.952. The van der Waals surface area contributed by atoms with Crippen molar-refractivity contribution in [2.45, 2.75) is 114 Å². The summed E-state index contributed by atoms with van der Waals surface area (Å²) in [5.41, 5.74) is 0. The summed E-state index contributed by atoms with van der Waals surface area (Å²) in [6.45, 7) is 2.22. The monoisotopic (exact) mass is 363 g/mol. The smallest absolute Gasteiger partial charge is 0.174 e. The normalized spacial score (nSPS) is 29.4. The Morgan fingerprint density at radius 2 is 0.880 bits per heavy atom. The molecule has 3 saturated carbocycles. The minimum absolute atomic E-state index is 0.707. The van der Waals surface area contributed by atoms with Gasteiger partial charge in [-0.1, -0.05) is 57.8 Å². The second-order valence-electron chi connectivity index (χ2n) is 8.97. The lowest BCUT2D eigenvalue weighted by Gasteiger charge is -2.53. The third kappa shape index (κ3) is 4.16. The molecule has 1 saturated heterocycles. The minimum Gasteiger partial charge on any atom is -0.333 e. The highest BCUT2D eigenvalue weighted by molar-refractivity contribution is 7.80. The van der Waals surface area contributed by atoms with Crippen LogP contribution in [0.1, 0.15) is 96.3 Å². The lowest BCUT2D eigenvalue weighted by Crippen LogP contribution is -2.65. The summed E-state index contributed by atoms with van der Waals surface area (Å²) in [5.74, 6) is 0. The lowest BCUT2D eigenvalue weighted by atomic mass is 9.92. The van der Waals surface area contributed by atoms with Gasteiger partial charge in [-0.3, -0.25) is 4.90 Å². The van der Waals surface area contributed by atoms with Gasteiger partial charge in [-0.25, -0.2) is 0 Å². The summed E-state index contributed by atoms with van der Waals surface area (Å²) in [6, 6.07) is 2.21. The first-order valence-corrected chi connectivity index (χ1v) is 11.5. The molecule has 4 aliphatic rings. The van der Waals surface area contributed by atoms with E-state index < -0.39 is 0 Å². The standard InChI is InChI=1S/C21H37N3S/c25-21-23(19-12-6-2-7-13-19)16-22(18-10-4-1-5-11-18)17-24(21)20-14-8-3-9-15-20/h18-20H,1-17H2. The quantitative estimate of drug-likeness (QED) is 0.645. The van der Waals surface area contributed by atoms with E-state index in [9.17, 15) is 0 Å². The Balaban J connectivity index is 1.51. The molecule has 0 aromatic rings. The maximum absolute atomic E-state index is 6.09. The van der Waals surface area contributed by atoms with Gasteiger partial charge >= 0.3 is 0 Å². The molecule has 142 valence electrons. The predicted octanol–water partition coefficient (Wildman–Crippen LogP) is 5.10. The second-order valence-corrected chi connectivity index (χ2v) is 9.33. The fourth-order valence-electron chi connectivity index (χ4n) is 5.73. The van der Waals surface area contributed by atoms with Gasteiger partial charge in [0.15, 0.2) is 5.11 Å². The van der Waals surface area contributed by atoms with Crippen LogP contribution in [-0.4, -0.2) is 51.3 Å². The molecule has 0 unspecified atom stereocenters. The van der Waals surface area contributed by atoms with E-state index in [0.717, 1.165) is 19.4 Å². The molecular weight excluding hydrogens is 326 g/mol. The summed E-state index contributed by atoms with van der Waals surface area (Å²) in [5, 5.41) is 1.20. The van der Waals surface area contributed by atoms with Gasteiger partial charge in [-0.2, -0.15) is 0 Å². The molecule has 0 aromatic heterocycles. The molecule has 0 radical (unpaired) electrons. The van der Waals surface area contributed by atoms with Gasteiger partial charge in [0.05, 0.1) is 13.3 Å². The Morgan fingerprint density at radius 3 is 1.28 bits per heavy atom. The number of rotatable bonds is 3. The number of hydrogen-bond donors (Lipinski definition) is 0. The first-order chi connectivity index (χ1) is 12.3. The molecule has 4 rings (SSSR count). The van der Waals surface area contributed by atoms with Gasteiger partial charge in [-0.15, -0.1) is 0 Å². The second kappa shape index (κ2) is 8.56. The van der Waals surface area contributed by atoms with Crippen molar-refractivity contribution < 1.29 is 0 Å². The van der Waals surface area contributed by atoms with Crippen LogP contribution >= 0.6 is 12.2 Å². The summed E-state index contributed by atoms with van der Waals surface area (Å²) in [7, 11) is 0. The maximum atomic E-state index is 6.09.